The monoisotopic (exact) mass is 314 g/mol. The van der Waals surface area contributed by atoms with Crippen LogP contribution in [0.5, 0.6) is 0 Å². The third kappa shape index (κ3) is 4.98. The van der Waals surface area contributed by atoms with Gasteiger partial charge in [-0.15, -0.1) is 0 Å². The quantitative estimate of drug-likeness (QED) is 0.657. The summed E-state index contributed by atoms with van der Waals surface area (Å²) in [6.07, 6.45) is 0. The van der Waals surface area contributed by atoms with Gasteiger partial charge in [-0.2, -0.15) is 13.2 Å². The van der Waals surface area contributed by atoms with Crippen molar-refractivity contribution in [2.24, 2.45) is 0 Å². The normalized spacial score (nSPS) is 11.5. The highest BCUT2D eigenvalue weighted by atomic mass is 79.9. The Balaban J connectivity index is 2.38. The molecule has 0 aromatic heterocycles. The van der Waals surface area contributed by atoms with E-state index in [0.717, 1.165) is 10.2 Å². The van der Waals surface area contributed by atoms with Gasteiger partial charge in [0.1, 0.15) is 0 Å². The molecule has 1 rings (SSSR count). The van der Waals surface area contributed by atoms with Crippen molar-refractivity contribution in [3.8, 4) is 0 Å². The van der Waals surface area contributed by atoms with Crippen LogP contribution in [0.3, 0.4) is 0 Å². The maximum atomic E-state index is 11.8. The molecule has 0 bridgehead atoms. The molecule has 0 unspecified atom stereocenters. The molecule has 0 saturated heterocycles. The number of nitrogens with one attached hydrogen (secondary N) is 1. The van der Waals surface area contributed by atoms with Crippen molar-refractivity contribution in [3.05, 3.63) is 22.7 Å². The molecule has 90 valence electrons. The molecule has 0 heterocycles. The fourth-order valence-electron chi connectivity index (χ4n) is 1.03. The Morgan fingerprint density at radius 2 is 2.06 bits per heavy atom. The topological polar surface area (TPSA) is 38.0 Å². The maximum absolute atomic E-state index is 11.8. The second-order valence-electron chi connectivity index (χ2n) is 2.96. The van der Waals surface area contributed by atoms with Crippen LogP contribution in [0.25, 0.3) is 0 Å². The summed E-state index contributed by atoms with van der Waals surface area (Å²) >= 11 is 3.23. The standard InChI is InChI=1S/C9H10BrF3N2S/c10-7-5-6(14)1-2-8(7)15-3-4-16-9(11,12)13/h1-2,5,15H,3-4,14H2. The van der Waals surface area contributed by atoms with Gasteiger partial charge in [0.2, 0.25) is 0 Å². The largest absolute Gasteiger partial charge is 0.441 e. The lowest BCUT2D eigenvalue weighted by Gasteiger charge is -2.09. The van der Waals surface area contributed by atoms with E-state index in [1.54, 1.807) is 18.2 Å². The Hall–Kier alpha value is -0.560. The van der Waals surface area contributed by atoms with Gasteiger partial charge in [-0.25, -0.2) is 0 Å². The van der Waals surface area contributed by atoms with Crippen LogP contribution >= 0.6 is 27.7 Å². The third-order valence-corrected chi connectivity index (χ3v) is 3.07. The van der Waals surface area contributed by atoms with Crippen molar-refractivity contribution in [3.63, 3.8) is 0 Å². The van der Waals surface area contributed by atoms with E-state index in [1.807, 2.05) is 0 Å². The minimum atomic E-state index is -4.17. The van der Waals surface area contributed by atoms with E-state index in [-0.39, 0.29) is 24.1 Å². The van der Waals surface area contributed by atoms with E-state index in [2.05, 4.69) is 21.2 Å². The summed E-state index contributed by atoms with van der Waals surface area (Å²) in [6.45, 7) is 0.243. The number of nitrogen functional groups attached to an aromatic ring is 1. The molecule has 1 aromatic carbocycles. The number of anilines is 2. The molecule has 0 amide bonds. The van der Waals surface area contributed by atoms with Crippen molar-refractivity contribution in [1.29, 1.82) is 0 Å². The number of hydrogen-bond acceptors (Lipinski definition) is 3. The molecule has 0 saturated carbocycles. The van der Waals surface area contributed by atoms with E-state index in [9.17, 15) is 13.2 Å². The first-order valence-corrected chi connectivity index (χ1v) is 6.16. The van der Waals surface area contributed by atoms with Crippen LogP contribution in [-0.4, -0.2) is 17.8 Å². The number of halogens is 4. The molecular formula is C9H10BrF3N2S. The fourth-order valence-corrected chi connectivity index (χ4v) is 2.00. The lowest BCUT2D eigenvalue weighted by Crippen LogP contribution is -2.09. The fraction of sp³-hybridized carbons (Fsp3) is 0.333. The van der Waals surface area contributed by atoms with Gasteiger partial charge in [0.05, 0.1) is 0 Å². The number of alkyl halides is 3. The lowest BCUT2D eigenvalue weighted by molar-refractivity contribution is -0.0327. The maximum Gasteiger partial charge on any atom is 0.441 e. The molecule has 0 atom stereocenters. The van der Waals surface area contributed by atoms with Gasteiger partial charge in [-0.3, -0.25) is 0 Å². The number of thioether (sulfide) groups is 1. The van der Waals surface area contributed by atoms with Crippen molar-refractivity contribution >= 4 is 39.1 Å². The summed E-state index contributed by atoms with van der Waals surface area (Å²) in [5, 5.41) is 2.89. The Morgan fingerprint density at radius 3 is 2.62 bits per heavy atom. The number of rotatable bonds is 4. The van der Waals surface area contributed by atoms with Crippen LogP contribution in [0.4, 0.5) is 24.5 Å². The van der Waals surface area contributed by atoms with E-state index in [0.29, 0.717) is 5.69 Å². The molecule has 0 fully saturated rings. The number of benzene rings is 1. The molecule has 2 nitrogen and oxygen atoms in total. The summed E-state index contributed by atoms with van der Waals surface area (Å²) in [4.78, 5) is 0. The number of nitrogens with two attached hydrogens (primary N) is 1. The molecule has 7 heteroatoms. The third-order valence-electron chi connectivity index (χ3n) is 1.68. The van der Waals surface area contributed by atoms with Gasteiger partial charge in [-0.05, 0) is 45.9 Å². The SMILES string of the molecule is Nc1ccc(NCCSC(F)(F)F)c(Br)c1. The van der Waals surface area contributed by atoms with Crippen molar-refractivity contribution in [2.45, 2.75) is 5.51 Å². The zero-order chi connectivity index (χ0) is 12.2. The van der Waals surface area contributed by atoms with Gasteiger partial charge in [0.15, 0.2) is 0 Å². The van der Waals surface area contributed by atoms with Crippen LogP contribution in [0, 0.1) is 0 Å². The minimum Gasteiger partial charge on any atom is -0.399 e. The predicted molar refractivity (Wildman–Crippen MR) is 65.6 cm³/mol. The molecule has 0 aliphatic heterocycles. The summed E-state index contributed by atoms with van der Waals surface area (Å²) in [7, 11) is 0. The van der Waals surface area contributed by atoms with Crippen LogP contribution < -0.4 is 11.1 Å². The first-order chi connectivity index (χ1) is 7.38. The van der Waals surface area contributed by atoms with Crippen LogP contribution in [0.2, 0.25) is 0 Å². The van der Waals surface area contributed by atoms with Crippen LogP contribution in [0.15, 0.2) is 22.7 Å². The minimum absolute atomic E-state index is 0.0275. The van der Waals surface area contributed by atoms with E-state index in [1.165, 1.54) is 0 Å². The van der Waals surface area contributed by atoms with E-state index < -0.39 is 5.51 Å². The summed E-state index contributed by atoms with van der Waals surface area (Å²) < 4.78 is 36.2. The van der Waals surface area contributed by atoms with Gasteiger partial charge in [0.25, 0.3) is 0 Å². The Bertz CT molecular complexity index is 357. The Labute approximate surface area is 104 Å². The predicted octanol–water partition coefficient (Wildman–Crippen LogP) is 3.70. The van der Waals surface area contributed by atoms with Crippen molar-refractivity contribution in [1.82, 2.24) is 0 Å². The molecule has 16 heavy (non-hydrogen) atoms. The molecular weight excluding hydrogens is 305 g/mol. The van der Waals surface area contributed by atoms with E-state index in [4.69, 9.17) is 5.73 Å². The summed E-state index contributed by atoms with van der Waals surface area (Å²) in [6, 6.07) is 5.10. The van der Waals surface area contributed by atoms with E-state index >= 15 is 0 Å². The highest BCUT2D eigenvalue weighted by molar-refractivity contribution is 9.10. The van der Waals surface area contributed by atoms with Crippen LogP contribution in [0.1, 0.15) is 0 Å². The zero-order valence-corrected chi connectivity index (χ0v) is 10.5. The van der Waals surface area contributed by atoms with Gasteiger partial charge in [0, 0.05) is 28.1 Å². The molecule has 0 aliphatic rings. The highest BCUT2D eigenvalue weighted by Gasteiger charge is 2.27. The molecule has 1 aromatic rings. The molecule has 0 radical (unpaired) electrons. The smallest absolute Gasteiger partial charge is 0.399 e. The summed E-state index contributed by atoms with van der Waals surface area (Å²) in [5.74, 6) is -0.0275. The second kappa shape index (κ2) is 5.67. The zero-order valence-electron chi connectivity index (χ0n) is 8.14. The average Bonchev–Trinajstić information content (AvgIpc) is 2.13. The van der Waals surface area contributed by atoms with Gasteiger partial charge >= 0.3 is 5.51 Å². The molecule has 0 aliphatic carbocycles. The summed E-state index contributed by atoms with van der Waals surface area (Å²) in [5.41, 5.74) is 2.69. The van der Waals surface area contributed by atoms with Gasteiger partial charge < -0.3 is 11.1 Å². The second-order valence-corrected chi connectivity index (χ2v) is 4.97. The van der Waals surface area contributed by atoms with Crippen LogP contribution in [-0.2, 0) is 0 Å². The Morgan fingerprint density at radius 1 is 1.38 bits per heavy atom. The first kappa shape index (κ1) is 13.5. The van der Waals surface area contributed by atoms with Crippen molar-refractivity contribution in [2.75, 3.05) is 23.3 Å². The average molecular weight is 315 g/mol. The van der Waals surface area contributed by atoms with Crippen molar-refractivity contribution < 1.29 is 13.2 Å². The van der Waals surface area contributed by atoms with Gasteiger partial charge in [-0.1, -0.05) is 0 Å². The lowest BCUT2D eigenvalue weighted by atomic mass is 10.3. The first-order valence-electron chi connectivity index (χ1n) is 4.38. The Kier molecular flexibility index (Phi) is 4.79. The molecule has 3 N–H and O–H groups in total. The highest BCUT2D eigenvalue weighted by Crippen LogP contribution is 2.30. The molecule has 0 spiro atoms. The number of hydrogen-bond donors (Lipinski definition) is 2.